The van der Waals surface area contributed by atoms with Gasteiger partial charge in [0.05, 0.1) is 16.3 Å². The lowest BCUT2D eigenvalue weighted by molar-refractivity contribution is 0.627. The summed E-state index contributed by atoms with van der Waals surface area (Å²) in [5, 5.41) is 12.2. The Morgan fingerprint density at radius 1 is 1.26 bits per heavy atom. The summed E-state index contributed by atoms with van der Waals surface area (Å²) in [5.41, 5.74) is 2.11. The van der Waals surface area contributed by atoms with Crippen LogP contribution in [-0.2, 0) is 6.54 Å². The second-order valence-electron chi connectivity index (χ2n) is 3.90. The van der Waals surface area contributed by atoms with E-state index in [1.165, 1.54) is 6.07 Å². The first kappa shape index (κ1) is 13.9. The molecule has 0 radical (unpaired) electrons. The van der Waals surface area contributed by atoms with Crippen molar-refractivity contribution in [3.8, 4) is 6.07 Å². The minimum absolute atomic E-state index is 0.0917. The van der Waals surface area contributed by atoms with E-state index in [0.717, 1.165) is 15.7 Å². The molecule has 0 heterocycles. The van der Waals surface area contributed by atoms with Crippen LogP contribution in [0.5, 0.6) is 0 Å². The zero-order chi connectivity index (χ0) is 13.8. The van der Waals surface area contributed by atoms with Gasteiger partial charge >= 0.3 is 0 Å². The number of anilines is 1. The molecule has 0 spiro atoms. The Labute approximate surface area is 123 Å². The highest BCUT2D eigenvalue weighted by atomic mass is 79.9. The quantitative estimate of drug-likeness (QED) is 0.878. The molecule has 1 N–H and O–H groups in total. The van der Waals surface area contributed by atoms with Crippen LogP contribution in [0, 0.1) is 17.1 Å². The van der Waals surface area contributed by atoms with Crippen molar-refractivity contribution in [3.63, 3.8) is 0 Å². The molecule has 2 rings (SSSR count). The molecule has 0 unspecified atom stereocenters. The lowest BCUT2D eigenvalue weighted by atomic mass is 10.1. The van der Waals surface area contributed by atoms with Gasteiger partial charge in [0, 0.05) is 11.0 Å². The van der Waals surface area contributed by atoms with Crippen molar-refractivity contribution in [2.75, 3.05) is 5.32 Å². The van der Waals surface area contributed by atoms with Gasteiger partial charge in [-0.2, -0.15) is 5.26 Å². The zero-order valence-corrected chi connectivity index (χ0v) is 12.1. The molecule has 19 heavy (non-hydrogen) atoms. The van der Waals surface area contributed by atoms with Crippen molar-refractivity contribution in [1.29, 1.82) is 5.26 Å². The molecule has 0 atom stereocenters. The highest BCUT2D eigenvalue weighted by Crippen LogP contribution is 2.22. The van der Waals surface area contributed by atoms with Crippen molar-refractivity contribution < 1.29 is 4.39 Å². The van der Waals surface area contributed by atoms with Crippen LogP contribution in [0.25, 0.3) is 0 Å². The van der Waals surface area contributed by atoms with E-state index >= 15 is 0 Å². The maximum Gasteiger partial charge on any atom is 0.141 e. The molecule has 0 saturated carbocycles. The average molecular weight is 340 g/mol. The molecule has 5 heteroatoms. The molecular formula is C14H9BrClFN2. The van der Waals surface area contributed by atoms with E-state index in [2.05, 4.69) is 27.3 Å². The van der Waals surface area contributed by atoms with Crippen LogP contribution in [0.15, 0.2) is 40.9 Å². The van der Waals surface area contributed by atoms with Crippen molar-refractivity contribution in [2.24, 2.45) is 0 Å². The Balaban J connectivity index is 2.16. The smallest absolute Gasteiger partial charge is 0.141 e. The highest BCUT2D eigenvalue weighted by Gasteiger charge is 2.04. The zero-order valence-electron chi connectivity index (χ0n) is 9.75. The summed E-state index contributed by atoms with van der Waals surface area (Å²) < 4.78 is 13.9. The maximum atomic E-state index is 13.0. The van der Waals surface area contributed by atoms with E-state index in [1.807, 2.05) is 6.07 Å². The third-order valence-corrected chi connectivity index (χ3v) is 3.35. The molecule has 2 aromatic rings. The summed E-state index contributed by atoms with van der Waals surface area (Å²) in [6.45, 7) is 0.463. The molecule has 0 aliphatic rings. The molecule has 0 aromatic heterocycles. The number of rotatable bonds is 3. The normalized spacial score (nSPS) is 10.0. The monoisotopic (exact) mass is 338 g/mol. The molecule has 96 valence electrons. The standard InChI is InChI=1S/C14H9BrClFN2/c15-11-3-2-10(7-18)14(6-11)19-8-9-1-4-13(17)12(16)5-9/h1-6,19H,8H2. The first-order chi connectivity index (χ1) is 9.10. The molecule has 0 saturated heterocycles. The number of nitrogens with one attached hydrogen (secondary N) is 1. The van der Waals surface area contributed by atoms with Gasteiger partial charge in [-0.25, -0.2) is 4.39 Å². The molecule has 0 amide bonds. The molecular weight excluding hydrogens is 331 g/mol. The van der Waals surface area contributed by atoms with Gasteiger partial charge in [0.15, 0.2) is 0 Å². The average Bonchev–Trinajstić information content (AvgIpc) is 2.40. The van der Waals surface area contributed by atoms with Crippen LogP contribution < -0.4 is 5.32 Å². The van der Waals surface area contributed by atoms with Crippen molar-refractivity contribution >= 4 is 33.2 Å². The topological polar surface area (TPSA) is 35.8 Å². The molecule has 0 fully saturated rings. The van der Waals surface area contributed by atoms with Gasteiger partial charge < -0.3 is 5.32 Å². The van der Waals surface area contributed by atoms with Crippen LogP contribution in [0.4, 0.5) is 10.1 Å². The Morgan fingerprint density at radius 3 is 2.74 bits per heavy atom. The van der Waals surface area contributed by atoms with Crippen molar-refractivity contribution in [2.45, 2.75) is 6.54 Å². The third-order valence-electron chi connectivity index (χ3n) is 2.57. The fourth-order valence-electron chi connectivity index (χ4n) is 1.61. The minimum atomic E-state index is -0.439. The number of hydrogen-bond donors (Lipinski definition) is 1. The highest BCUT2D eigenvalue weighted by molar-refractivity contribution is 9.10. The van der Waals surface area contributed by atoms with Crippen molar-refractivity contribution in [1.82, 2.24) is 0 Å². The Hall–Kier alpha value is -1.57. The number of halogens is 3. The van der Waals surface area contributed by atoms with Gasteiger partial charge in [0.2, 0.25) is 0 Å². The second kappa shape index (κ2) is 6.05. The largest absolute Gasteiger partial charge is 0.380 e. The summed E-state index contributed by atoms with van der Waals surface area (Å²) in [7, 11) is 0. The third kappa shape index (κ3) is 3.46. The second-order valence-corrected chi connectivity index (χ2v) is 5.23. The maximum absolute atomic E-state index is 13.0. The minimum Gasteiger partial charge on any atom is -0.380 e. The van der Waals surface area contributed by atoms with Gasteiger partial charge in [0.1, 0.15) is 11.9 Å². The van der Waals surface area contributed by atoms with Crippen LogP contribution in [0.1, 0.15) is 11.1 Å². The Kier molecular flexibility index (Phi) is 4.41. The Bertz CT molecular complexity index is 652. The van der Waals surface area contributed by atoms with Crippen LogP contribution in [0.2, 0.25) is 5.02 Å². The predicted molar refractivity (Wildman–Crippen MR) is 77.6 cm³/mol. The van der Waals surface area contributed by atoms with Gasteiger partial charge in [-0.15, -0.1) is 0 Å². The van der Waals surface area contributed by atoms with Gasteiger partial charge in [-0.1, -0.05) is 33.6 Å². The van der Waals surface area contributed by atoms with Crippen LogP contribution in [0.3, 0.4) is 0 Å². The summed E-state index contributed by atoms with van der Waals surface area (Å²) in [5.74, 6) is -0.439. The fraction of sp³-hybridized carbons (Fsp3) is 0.0714. The van der Waals surface area contributed by atoms with Crippen LogP contribution in [-0.4, -0.2) is 0 Å². The summed E-state index contributed by atoms with van der Waals surface area (Å²) in [6.07, 6.45) is 0. The number of nitriles is 1. The number of benzene rings is 2. The molecule has 2 nitrogen and oxygen atoms in total. The number of hydrogen-bond acceptors (Lipinski definition) is 2. The SMILES string of the molecule is N#Cc1ccc(Br)cc1NCc1ccc(F)c(Cl)c1. The van der Waals surface area contributed by atoms with Gasteiger partial charge in [-0.3, -0.25) is 0 Å². The van der Waals surface area contributed by atoms with E-state index in [1.54, 1.807) is 24.3 Å². The molecule has 2 aromatic carbocycles. The van der Waals surface area contributed by atoms with Gasteiger partial charge in [0.25, 0.3) is 0 Å². The molecule has 0 bridgehead atoms. The van der Waals surface area contributed by atoms with Crippen molar-refractivity contribution in [3.05, 3.63) is 62.8 Å². The summed E-state index contributed by atoms with van der Waals surface area (Å²) in [4.78, 5) is 0. The first-order valence-electron chi connectivity index (χ1n) is 5.47. The summed E-state index contributed by atoms with van der Waals surface area (Å²) >= 11 is 9.07. The van der Waals surface area contributed by atoms with E-state index < -0.39 is 5.82 Å². The molecule has 0 aliphatic heterocycles. The van der Waals surface area contributed by atoms with E-state index in [0.29, 0.717) is 12.1 Å². The van der Waals surface area contributed by atoms with E-state index in [9.17, 15) is 4.39 Å². The fourth-order valence-corrected chi connectivity index (χ4v) is 2.17. The number of nitrogens with zero attached hydrogens (tertiary/aromatic N) is 1. The first-order valence-corrected chi connectivity index (χ1v) is 6.64. The predicted octanol–water partition coefficient (Wildman–Crippen LogP) is 4.73. The van der Waals surface area contributed by atoms with Gasteiger partial charge in [-0.05, 0) is 35.9 Å². The molecule has 0 aliphatic carbocycles. The lowest BCUT2D eigenvalue weighted by Gasteiger charge is -2.09. The summed E-state index contributed by atoms with van der Waals surface area (Å²) in [6, 6.07) is 12.0. The van der Waals surface area contributed by atoms with Crippen LogP contribution >= 0.6 is 27.5 Å². The Morgan fingerprint density at radius 2 is 2.05 bits per heavy atom. The van der Waals surface area contributed by atoms with E-state index in [4.69, 9.17) is 16.9 Å². The van der Waals surface area contributed by atoms with E-state index in [-0.39, 0.29) is 5.02 Å². The lowest BCUT2D eigenvalue weighted by Crippen LogP contribution is -2.01.